The Morgan fingerprint density at radius 2 is 1.77 bits per heavy atom. The molecule has 1 heterocycles. The number of hydrogen-bond acceptors (Lipinski definition) is 2. The van der Waals surface area contributed by atoms with E-state index >= 15 is 0 Å². The molecule has 0 saturated carbocycles. The van der Waals surface area contributed by atoms with Gasteiger partial charge in [-0.2, -0.15) is 0 Å². The number of carboxylic acid groups (broad SMARTS) is 1. The molecule has 0 bridgehead atoms. The molecule has 0 unspecified atom stereocenters. The highest BCUT2D eigenvalue weighted by atomic mass is 19.1. The van der Waals surface area contributed by atoms with Crippen LogP contribution < -0.4 is 0 Å². The summed E-state index contributed by atoms with van der Waals surface area (Å²) in [6.45, 7) is 3.84. The molecule has 2 aromatic carbocycles. The molecular weight excluding hydrogens is 281 g/mol. The number of hydrogen-bond donors (Lipinski definition) is 1. The van der Waals surface area contributed by atoms with E-state index < -0.39 is 11.5 Å². The number of benzene rings is 2. The highest BCUT2D eigenvalue weighted by Crippen LogP contribution is 2.31. The summed E-state index contributed by atoms with van der Waals surface area (Å²) in [5.41, 5.74) is 3.14. The van der Waals surface area contributed by atoms with Gasteiger partial charge in [-0.25, -0.2) is 9.18 Å². The van der Waals surface area contributed by atoms with Gasteiger partial charge in [-0.1, -0.05) is 30.3 Å². The highest BCUT2D eigenvalue weighted by molar-refractivity contribution is 6.43. The van der Waals surface area contributed by atoms with Gasteiger partial charge in [0.25, 0.3) is 0 Å². The molecule has 0 aliphatic carbocycles. The number of halogens is 1. The number of carbonyl (C=O) groups is 1. The fourth-order valence-electron chi connectivity index (χ4n) is 2.82. The van der Waals surface area contributed by atoms with Gasteiger partial charge in [0, 0.05) is 5.56 Å². The molecule has 0 fully saturated rings. The Balaban J connectivity index is 2.10. The average Bonchev–Trinajstić information content (AvgIpc) is 2.45. The molecule has 1 aliphatic rings. The zero-order valence-corrected chi connectivity index (χ0v) is 12.4. The van der Waals surface area contributed by atoms with Crippen LogP contribution in [0.15, 0.2) is 47.5 Å². The molecule has 3 nitrogen and oxygen atoms in total. The minimum Gasteiger partial charge on any atom is -0.477 e. The third-order valence-electron chi connectivity index (χ3n) is 3.78. The van der Waals surface area contributed by atoms with Gasteiger partial charge in [-0.15, -0.1) is 0 Å². The van der Waals surface area contributed by atoms with Crippen LogP contribution in [-0.2, 0) is 11.2 Å². The Morgan fingerprint density at radius 1 is 1.14 bits per heavy atom. The first-order valence-corrected chi connectivity index (χ1v) is 7.08. The van der Waals surface area contributed by atoms with Crippen molar-refractivity contribution in [3.8, 4) is 11.1 Å². The standard InChI is InChI=1S/C18H16FNO2/c1-18(2)10-13-9-12(11-3-6-14(19)7-4-11)5-8-15(13)16(20-18)17(21)22/h3-9H,10H2,1-2H3,(H,21,22). The Morgan fingerprint density at radius 3 is 2.41 bits per heavy atom. The number of aliphatic carboxylic acids is 1. The average molecular weight is 297 g/mol. The lowest BCUT2D eigenvalue weighted by Crippen LogP contribution is -2.32. The predicted octanol–water partition coefficient (Wildman–Crippen LogP) is 3.70. The van der Waals surface area contributed by atoms with Crippen molar-refractivity contribution in [3.63, 3.8) is 0 Å². The molecule has 4 heteroatoms. The zero-order chi connectivity index (χ0) is 15.9. The molecule has 3 rings (SSSR count). The van der Waals surface area contributed by atoms with Crippen molar-refractivity contribution in [1.82, 2.24) is 0 Å². The Hall–Kier alpha value is -2.49. The maximum atomic E-state index is 13.0. The molecule has 112 valence electrons. The van der Waals surface area contributed by atoms with Gasteiger partial charge in [-0.3, -0.25) is 4.99 Å². The lowest BCUT2D eigenvalue weighted by Gasteiger charge is -2.28. The SMILES string of the molecule is CC1(C)Cc2cc(-c3ccc(F)cc3)ccc2C(C(=O)O)=N1. The summed E-state index contributed by atoms with van der Waals surface area (Å²) in [5, 5.41) is 9.36. The third-order valence-corrected chi connectivity index (χ3v) is 3.78. The first kappa shape index (κ1) is 14.4. The Kier molecular flexibility index (Phi) is 3.32. The van der Waals surface area contributed by atoms with Crippen LogP contribution in [0.3, 0.4) is 0 Å². The molecule has 0 aromatic heterocycles. The van der Waals surface area contributed by atoms with Gasteiger partial charge in [0.15, 0.2) is 5.71 Å². The fourth-order valence-corrected chi connectivity index (χ4v) is 2.82. The van der Waals surface area contributed by atoms with Gasteiger partial charge in [0.1, 0.15) is 5.82 Å². The second-order valence-corrected chi connectivity index (χ2v) is 6.13. The second-order valence-electron chi connectivity index (χ2n) is 6.13. The number of carboxylic acids is 1. The first-order valence-electron chi connectivity index (χ1n) is 7.08. The van der Waals surface area contributed by atoms with E-state index in [0.717, 1.165) is 16.7 Å². The van der Waals surface area contributed by atoms with Crippen LogP contribution in [0.5, 0.6) is 0 Å². The van der Waals surface area contributed by atoms with E-state index in [0.29, 0.717) is 12.0 Å². The van der Waals surface area contributed by atoms with Crippen molar-refractivity contribution in [2.75, 3.05) is 0 Å². The van der Waals surface area contributed by atoms with Crippen LogP contribution >= 0.6 is 0 Å². The summed E-state index contributed by atoms with van der Waals surface area (Å²) in [6.07, 6.45) is 0.675. The summed E-state index contributed by atoms with van der Waals surface area (Å²) in [4.78, 5) is 15.8. The lowest BCUT2D eigenvalue weighted by atomic mass is 9.85. The van der Waals surface area contributed by atoms with Crippen LogP contribution in [0, 0.1) is 5.82 Å². The summed E-state index contributed by atoms with van der Waals surface area (Å²) in [6, 6.07) is 11.9. The van der Waals surface area contributed by atoms with Crippen molar-refractivity contribution in [3.05, 3.63) is 59.4 Å². The molecule has 0 radical (unpaired) electrons. The normalized spacial score (nSPS) is 15.9. The first-order chi connectivity index (χ1) is 10.4. The van der Waals surface area contributed by atoms with Crippen molar-refractivity contribution < 1.29 is 14.3 Å². The van der Waals surface area contributed by atoms with Gasteiger partial charge in [0.05, 0.1) is 5.54 Å². The molecule has 0 spiro atoms. The van der Waals surface area contributed by atoms with Gasteiger partial charge >= 0.3 is 5.97 Å². The van der Waals surface area contributed by atoms with E-state index in [1.54, 1.807) is 18.2 Å². The van der Waals surface area contributed by atoms with E-state index in [-0.39, 0.29) is 11.5 Å². The van der Waals surface area contributed by atoms with E-state index in [2.05, 4.69) is 4.99 Å². The molecular formula is C18H16FNO2. The summed E-state index contributed by atoms with van der Waals surface area (Å²) < 4.78 is 13.0. The van der Waals surface area contributed by atoms with Gasteiger partial charge in [-0.05, 0) is 49.1 Å². The van der Waals surface area contributed by atoms with Crippen LogP contribution in [0.25, 0.3) is 11.1 Å². The maximum Gasteiger partial charge on any atom is 0.354 e. The Labute approximate surface area is 128 Å². The quantitative estimate of drug-likeness (QED) is 0.918. The second kappa shape index (κ2) is 5.05. The maximum absolute atomic E-state index is 13.0. The minimum atomic E-state index is -1.01. The van der Waals surface area contributed by atoms with E-state index in [9.17, 15) is 14.3 Å². The summed E-state index contributed by atoms with van der Waals surface area (Å²) in [7, 11) is 0. The molecule has 2 aromatic rings. The minimum absolute atomic E-state index is 0.108. The molecule has 22 heavy (non-hydrogen) atoms. The number of nitrogens with zero attached hydrogens (tertiary/aromatic N) is 1. The number of fused-ring (bicyclic) bond motifs is 1. The molecule has 1 N–H and O–H groups in total. The van der Waals surface area contributed by atoms with Gasteiger partial charge < -0.3 is 5.11 Å². The van der Waals surface area contributed by atoms with Crippen LogP contribution in [0.1, 0.15) is 25.0 Å². The topological polar surface area (TPSA) is 49.7 Å². The molecule has 1 aliphatic heterocycles. The van der Waals surface area contributed by atoms with Gasteiger partial charge in [0.2, 0.25) is 0 Å². The number of rotatable bonds is 2. The zero-order valence-electron chi connectivity index (χ0n) is 12.4. The van der Waals surface area contributed by atoms with Crippen LogP contribution in [0.2, 0.25) is 0 Å². The highest BCUT2D eigenvalue weighted by Gasteiger charge is 2.30. The van der Waals surface area contributed by atoms with Crippen molar-refractivity contribution >= 4 is 11.7 Å². The molecule has 0 amide bonds. The largest absolute Gasteiger partial charge is 0.477 e. The summed E-state index contributed by atoms with van der Waals surface area (Å²) >= 11 is 0. The smallest absolute Gasteiger partial charge is 0.354 e. The monoisotopic (exact) mass is 297 g/mol. The molecule has 0 saturated heterocycles. The van der Waals surface area contributed by atoms with Crippen LogP contribution in [-0.4, -0.2) is 22.3 Å². The molecule has 0 atom stereocenters. The third kappa shape index (κ3) is 2.64. The van der Waals surface area contributed by atoms with E-state index in [1.807, 2.05) is 26.0 Å². The number of aliphatic imine (C=N–C) groups is 1. The van der Waals surface area contributed by atoms with E-state index in [1.165, 1.54) is 12.1 Å². The van der Waals surface area contributed by atoms with Crippen molar-refractivity contribution in [2.45, 2.75) is 25.8 Å². The fraction of sp³-hybridized carbons (Fsp3) is 0.222. The van der Waals surface area contributed by atoms with E-state index in [4.69, 9.17) is 0 Å². The van der Waals surface area contributed by atoms with Crippen molar-refractivity contribution in [2.24, 2.45) is 4.99 Å². The van der Waals surface area contributed by atoms with Crippen LogP contribution in [0.4, 0.5) is 4.39 Å². The predicted molar refractivity (Wildman–Crippen MR) is 83.8 cm³/mol. The van der Waals surface area contributed by atoms with Crippen molar-refractivity contribution in [1.29, 1.82) is 0 Å². The summed E-state index contributed by atoms with van der Waals surface area (Å²) in [5.74, 6) is -1.29. The Bertz CT molecular complexity index is 776. The lowest BCUT2D eigenvalue weighted by molar-refractivity contribution is -0.129.